The molecule has 2 aromatic rings. The van der Waals surface area contributed by atoms with Crippen molar-refractivity contribution in [2.24, 2.45) is 0 Å². The summed E-state index contributed by atoms with van der Waals surface area (Å²) >= 11 is 15.2. The molecule has 0 amide bonds. The lowest BCUT2D eigenvalue weighted by atomic mass is 10.0. The van der Waals surface area contributed by atoms with Crippen molar-refractivity contribution in [3.05, 3.63) is 61.8 Å². The number of ether oxygens (including phenoxy) is 1. The molecule has 0 atom stereocenters. The van der Waals surface area contributed by atoms with Crippen LogP contribution in [0.25, 0.3) is 0 Å². The molecule has 21 heavy (non-hydrogen) atoms. The number of carbonyl (C=O) groups is 1. The Hall–Kier alpha value is -1.10. The molecule has 0 heterocycles. The second-order valence-electron chi connectivity index (χ2n) is 4.13. The number of carbonyl (C=O) groups excluding carboxylic acids is 1. The SMILES string of the molecule is CCOc1cc(Cl)c(C(=O)c2cccc(Br)c2F)cc1Cl. The zero-order valence-corrected chi connectivity index (χ0v) is 14.0. The molecule has 0 aliphatic rings. The summed E-state index contributed by atoms with van der Waals surface area (Å²) in [6.45, 7) is 2.23. The molecule has 0 bridgehead atoms. The van der Waals surface area contributed by atoms with E-state index in [1.54, 1.807) is 13.0 Å². The maximum absolute atomic E-state index is 14.0. The van der Waals surface area contributed by atoms with Gasteiger partial charge >= 0.3 is 0 Å². The highest BCUT2D eigenvalue weighted by Crippen LogP contribution is 2.33. The molecule has 0 N–H and O–H groups in total. The monoisotopic (exact) mass is 390 g/mol. The Labute approximate surface area is 139 Å². The van der Waals surface area contributed by atoms with E-state index in [1.807, 2.05) is 0 Å². The van der Waals surface area contributed by atoms with E-state index in [1.165, 1.54) is 24.3 Å². The number of rotatable bonds is 4. The molecular weight excluding hydrogens is 382 g/mol. The van der Waals surface area contributed by atoms with E-state index in [2.05, 4.69) is 15.9 Å². The molecule has 0 aromatic heterocycles. The molecule has 2 nitrogen and oxygen atoms in total. The van der Waals surface area contributed by atoms with Crippen LogP contribution in [-0.2, 0) is 0 Å². The summed E-state index contributed by atoms with van der Waals surface area (Å²) < 4.78 is 19.5. The lowest BCUT2D eigenvalue weighted by Gasteiger charge is -2.10. The third-order valence-corrected chi connectivity index (χ3v) is 3.98. The molecule has 0 saturated heterocycles. The molecular formula is C15H10BrCl2FO2. The van der Waals surface area contributed by atoms with Crippen molar-refractivity contribution in [2.45, 2.75) is 6.92 Å². The molecule has 0 radical (unpaired) electrons. The number of halogens is 4. The first-order chi connectivity index (χ1) is 9.95. The number of benzene rings is 2. The van der Waals surface area contributed by atoms with Gasteiger partial charge in [0.2, 0.25) is 0 Å². The molecule has 2 aromatic carbocycles. The highest BCUT2D eigenvalue weighted by molar-refractivity contribution is 9.10. The standard InChI is InChI=1S/C15H10BrCl2FO2/c1-2-21-13-7-11(17)9(6-12(13)18)15(20)8-4-3-5-10(16)14(8)19/h3-7H,2H2,1H3. The van der Waals surface area contributed by atoms with Gasteiger partial charge in [0.05, 0.1) is 26.7 Å². The second-order valence-corrected chi connectivity index (χ2v) is 5.79. The summed E-state index contributed by atoms with van der Waals surface area (Å²) in [5.74, 6) is -0.789. The minimum atomic E-state index is -0.636. The van der Waals surface area contributed by atoms with Crippen LogP contribution in [0.15, 0.2) is 34.8 Å². The fourth-order valence-electron chi connectivity index (χ4n) is 1.79. The van der Waals surface area contributed by atoms with Gasteiger partial charge in [0.1, 0.15) is 11.6 Å². The van der Waals surface area contributed by atoms with Crippen LogP contribution >= 0.6 is 39.1 Å². The average molecular weight is 392 g/mol. The summed E-state index contributed by atoms with van der Waals surface area (Å²) in [6, 6.07) is 7.32. The van der Waals surface area contributed by atoms with Gasteiger partial charge in [-0.3, -0.25) is 4.79 Å². The minimum Gasteiger partial charge on any atom is -0.492 e. The lowest BCUT2D eigenvalue weighted by molar-refractivity contribution is 0.103. The molecule has 2 rings (SSSR count). The Morgan fingerprint density at radius 1 is 1.24 bits per heavy atom. The second kappa shape index (κ2) is 6.77. The van der Waals surface area contributed by atoms with Crippen LogP contribution in [0, 0.1) is 5.82 Å². The molecule has 0 aliphatic carbocycles. The Morgan fingerprint density at radius 3 is 2.62 bits per heavy atom. The number of hydrogen-bond donors (Lipinski definition) is 0. The quantitative estimate of drug-likeness (QED) is 0.641. The zero-order valence-electron chi connectivity index (χ0n) is 10.9. The summed E-state index contributed by atoms with van der Waals surface area (Å²) in [6.07, 6.45) is 0. The molecule has 0 fully saturated rings. The van der Waals surface area contributed by atoms with Crippen molar-refractivity contribution in [3.8, 4) is 5.75 Å². The van der Waals surface area contributed by atoms with Gasteiger partial charge in [-0.25, -0.2) is 4.39 Å². The predicted octanol–water partition coefficient (Wildman–Crippen LogP) is 5.52. The zero-order chi connectivity index (χ0) is 15.6. The van der Waals surface area contributed by atoms with Gasteiger partial charge in [-0.1, -0.05) is 29.3 Å². The van der Waals surface area contributed by atoms with Gasteiger partial charge in [-0.05, 0) is 41.1 Å². The normalized spacial score (nSPS) is 10.5. The van der Waals surface area contributed by atoms with Gasteiger partial charge in [0.15, 0.2) is 5.78 Å². The van der Waals surface area contributed by atoms with E-state index in [-0.39, 0.29) is 25.6 Å². The van der Waals surface area contributed by atoms with Crippen LogP contribution in [0.1, 0.15) is 22.8 Å². The Balaban J connectivity index is 2.49. The van der Waals surface area contributed by atoms with Crippen LogP contribution in [0.2, 0.25) is 10.0 Å². The highest BCUT2D eigenvalue weighted by atomic mass is 79.9. The summed E-state index contributed by atoms with van der Waals surface area (Å²) in [5, 5.41) is 0.409. The molecule has 0 spiro atoms. The van der Waals surface area contributed by atoms with Crippen molar-refractivity contribution >= 4 is 44.9 Å². The molecule has 0 saturated carbocycles. The first kappa shape index (κ1) is 16.3. The fourth-order valence-corrected chi connectivity index (χ4v) is 2.62. The van der Waals surface area contributed by atoms with Gasteiger partial charge < -0.3 is 4.74 Å². The van der Waals surface area contributed by atoms with Crippen molar-refractivity contribution < 1.29 is 13.9 Å². The van der Waals surface area contributed by atoms with Gasteiger partial charge in [-0.15, -0.1) is 0 Å². The Bertz CT molecular complexity index is 704. The van der Waals surface area contributed by atoms with Crippen molar-refractivity contribution in [3.63, 3.8) is 0 Å². The topological polar surface area (TPSA) is 26.3 Å². The van der Waals surface area contributed by atoms with Crippen LogP contribution in [0.3, 0.4) is 0 Å². The van der Waals surface area contributed by atoms with Crippen molar-refractivity contribution in [1.29, 1.82) is 0 Å². The van der Waals surface area contributed by atoms with Crippen molar-refractivity contribution in [1.82, 2.24) is 0 Å². The van der Waals surface area contributed by atoms with Crippen LogP contribution in [0.5, 0.6) is 5.75 Å². The maximum atomic E-state index is 14.0. The average Bonchev–Trinajstić information content (AvgIpc) is 2.45. The van der Waals surface area contributed by atoms with E-state index in [4.69, 9.17) is 27.9 Å². The number of ketones is 1. The van der Waals surface area contributed by atoms with E-state index >= 15 is 0 Å². The lowest BCUT2D eigenvalue weighted by Crippen LogP contribution is -2.06. The van der Waals surface area contributed by atoms with E-state index < -0.39 is 11.6 Å². The van der Waals surface area contributed by atoms with Crippen LogP contribution < -0.4 is 4.74 Å². The smallest absolute Gasteiger partial charge is 0.197 e. The third kappa shape index (κ3) is 3.39. The fraction of sp³-hybridized carbons (Fsp3) is 0.133. The highest BCUT2D eigenvalue weighted by Gasteiger charge is 2.20. The first-order valence-electron chi connectivity index (χ1n) is 6.06. The molecule has 0 unspecified atom stereocenters. The van der Waals surface area contributed by atoms with Gasteiger partial charge in [0, 0.05) is 11.6 Å². The predicted molar refractivity (Wildman–Crippen MR) is 85.2 cm³/mol. The van der Waals surface area contributed by atoms with E-state index in [0.717, 1.165) is 0 Å². The third-order valence-electron chi connectivity index (χ3n) is 2.76. The van der Waals surface area contributed by atoms with E-state index in [9.17, 15) is 9.18 Å². The molecule has 0 aliphatic heterocycles. The summed E-state index contributed by atoms with van der Waals surface area (Å²) in [7, 11) is 0. The summed E-state index contributed by atoms with van der Waals surface area (Å²) in [5.41, 5.74) is 0.0496. The van der Waals surface area contributed by atoms with Gasteiger partial charge in [0.25, 0.3) is 0 Å². The van der Waals surface area contributed by atoms with E-state index in [0.29, 0.717) is 12.4 Å². The molecule has 110 valence electrons. The maximum Gasteiger partial charge on any atom is 0.197 e. The minimum absolute atomic E-state index is 0.0773. The van der Waals surface area contributed by atoms with Gasteiger partial charge in [-0.2, -0.15) is 0 Å². The Morgan fingerprint density at radius 2 is 1.95 bits per heavy atom. The van der Waals surface area contributed by atoms with Crippen LogP contribution in [-0.4, -0.2) is 12.4 Å². The largest absolute Gasteiger partial charge is 0.492 e. The first-order valence-corrected chi connectivity index (χ1v) is 7.61. The Kier molecular flexibility index (Phi) is 5.25. The number of hydrogen-bond acceptors (Lipinski definition) is 2. The summed E-state index contributed by atoms with van der Waals surface area (Å²) in [4.78, 5) is 12.4. The van der Waals surface area contributed by atoms with Crippen molar-refractivity contribution in [2.75, 3.05) is 6.61 Å². The molecule has 6 heteroatoms. The van der Waals surface area contributed by atoms with Crippen LogP contribution in [0.4, 0.5) is 4.39 Å².